The van der Waals surface area contributed by atoms with Gasteiger partial charge in [-0.05, 0) is 23.8 Å². The standard InChI is InChI=1S/C14H11FN4S2/c15-11-5-1-2-6-12(11)17-13-18-19-14(21-13)20-9-10-4-3-7-16-8-10/h1-8H,9H2,(H,17,18). The van der Waals surface area contributed by atoms with Crippen LogP contribution < -0.4 is 5.32 Å². The monoisotopic (exact) mass is 318 g/mol. The van der Waals surface area contributed by atoms with E-state index in [2.05, 4.69) is 20.5 Å². The van der Waals surface area contributed by atoms with Gasteiger partial charge in [-0.15, -0.1) is 10.2 Å². The third-order valence-corrected chi connectivity index (χ3v) is 4.65. The van der Waals surface area contributed by atoms with Crippen LogP contribution in [0.15, 0.2) is 53.1 Å². The highest BCUT2D eigenvalue weighted by molar-refractivity contribution is 8.00. The molecule has 0 saturated heterocycles. The highest BCUT2D eigenvalue weighted by atomic mass is 32.2. The minimum absolute atomic E-state index is 0.308. The quantitative estimate of drug-likeness (QED) is 0.718. The van der Waals surface area contributed by atoms with Crippen LogP contribution in [-0.2, 0) is 5.75 Å². The zero-order valence-electron chi connectivity index (χ0n) is 10.9. The van der Waals surface area contributed by atoms with E-state index in [0.29, 0.717) is 10.8 Å². The fourth-order valence-corrected chi connectivity index (χ4v) is 3.32. The molecule has 0 unspecified atom stereocenters. The molecule has 7 heteroatoms. The highest BCUT2D eigenvalue weighted by Gasteiger charge is 2.07. The lowest BCUT2D eigenvalue weighted by Crippen LogP contribution is -1.92. The Morgan fingerprint density at radius 1 is 1.14 bits per heavy atom. The van der Waals surface area contributed by atoms with E-state index in [4.69, 9.17) is 0 Å². The Bertz CT molecular complexity index is 718. The summed E-state index contributed by atoms with van der Waals surface area (Å²) in [6.45, 7) is 0. The number of hydrogen-bond donors (Lipinski definition) is 1. The average Bonchev–Trinajstić information content (AvgIpc) is 2.96. The first kappa shape index (κ1) is 14.0. The summed E-state index contributed by atoms with van der Waals surface area (Å²) < 4.78 is 14.4. The lowest BCUT2D eigenvalue weighted by Gasteiger charge is -2.01. The molecule has 0 aliphatic heterocycles. The molecule has 0 bridgehead atoms. The molecule has 0 aliphatic carbocycles. The minimum Gasteiger partial charge on any atom is -0.328 e. The molecule has 106 valence electrons. The zero-order chi connectivity index (χ0) is 14.5. The highest BCUT2D eigenvalue weighted by Crippen LogP contribution is 2.30. The largest absolute Gasteiger partial charge is 0.328 e. The molecule has 0 radical (unpaired) electrons. The fraction of sp³-hybridized carbons (Fsp3) is 0.0714. The summed E-state index contributed by atoms with van der Waals surface area (Å²) in [5.74, 6) is 0.472. The van der Waals surface area contributed by atoms with Gasteiger partial charge in [0.15, 0.2) is 4.34 Å². The summed E-state index contributed by atoms with van der Waals surface area (Å²) in [4.78, 5) is 4.07. The number of hydrogen-bond acceptors (Lipinski definition) is 6. The van der Waals surface area contributed by atoms with Gasteiger partial charge in [-0.3, -0.25) is 4.98 Å². The predicted molar refractivity (Wildman–Crippen MR) is 83.4 cm³/mol. The molecule has 0 atom stereocenters. The number of halogens is 1. The molecule has 0 spiro atoms. The van der Waals surface area contributed by atoms with Crippen LogP contribution in [-0.4, -0.2) is 15.2 Å². The summed E-state index contributed by atoms with van der Waals surface area (Å²) in [7, 11) is 0. The molecule has 3 rings (SSSR count). The molecule has 3 aromatic rings. The van der Waals surface area contributed by atoms with Crippen molar-refractivity contribution >= 4 is 33.9 Å². The topological polar surface area (TPSA) is 50.7 Å². The van der Waals surface area contributed by atoms with E-state index in [1.165, 1.54) is 17.4 Å². The molecule has 0 aliphatic rings. The Labute approximate surface area is 129 Å². The molecule has 1 N–H and O–H groups in total. The van der Waals surface area contributed by atoms with Crippen LogP contribution in [0.2, 0.25) is 0 Å². The number of benzene rings is 1. The molecular weight excluding hydrogens is 307 g/mol. The molecule has 2 aromatic heterocycles. The molecular formula is C14H11FN4S2. The van der Waals surface area contributed by atoms with Gasteiger partial charge in [0, 0.05) is 18.1 Å². The number of pyridine rings is 1. The minimum atomic E-state index is -0.308. The van der Waals surface area contributed by atoms with Crippen molar-refractivity contribution in [2.45, 2.75) is 10.1 Å². The van der Waals surface area contributed by atoms with Gasteiger partial charge in [-0.2, -0.15) is 0 Å². The zero-order valence-corrected chi connectivity index (χ0v) is 12.5. The molecule has 0 amide bonds. The van der Waals surface area contributed by atoms with Crippen LogP contribution >= 0.6 is 23.1 Å². The van der Waals surface area contributed by atoms with Gasteiger partial charge in [0.25, 0.3) is 0 Å². The SMILES string of the molecule is Fc1ccccc1Nc1nnc(SCc2cccnc2)s1. The van der Waals surface area contributed by atoms with Crippen LogP contribution in [0.25, 0.3) is 0 Å². The second-order valence-electron chi connectivity index (χ2n) is 4.13. The van der Waals surface area contributed by atoms with Crippen LogP contribution in [0.1, 0.15) is 5.56 Å². The Morgan fingerprint density at radius 2 is 2.05 bits per heavy atom. The first-order valence-corrected chi connectivity index (χ1v) is 7.98. The number of rotatable bonds is 5. The number of aromatic nitrogens is 3. The van der Waals surface area contributed by atoms with Crippen molar-refractivity contribution < 1.29 is 4.39 Å². The van der Waals surface area contributed by atoms with E-state index in [1.54, 1.807) is 36.2 Å². The van der Waals surface area contributed by atoms with E-state index in [9.17, 15) is 4.39 Å². The van der Waals surface area contributed by atoms with Crippen molar-refractivity contribution in [1.29, 1.82) is 0 Å². The van der Waals surface area contributed by atoms with Gasteiger partial charge < -0.3 is 5.32 Å². The third kappa shape index (κ3) is 3.77. The van der Waals surface area contributed by atoms with Crippen molar-refractivity contribution in [1.82, 2.24) is 15.2 Å². The maximum absolute atomic E-state index is 13.5. The summed E-state index contributed by atoms with van der Waals surface area (Å²) >= 11 is 2.98. The van der Waals surface area contributed by atoms with Gasteiger partial charge in [-0.25, -0.2) is 4.39 Å². The Hall–Kier alpha value is -1.99. The Morgan fingerprint density at radius 3 is 2.86 bits per heavy atom. The summed E-state index contributed by atoms with van der Waals surface area (Å²) in [6.07, 6.45) is 3.57. The Kier molecular flexibility index (Phi) is 4.42. The first-order valence-electron chi connectivity index (χ1n) is 6.18. The number of nitrogens with one attached hydrogen (secondary N) is 1. The molecule has 0 saturated carbocycles. The molecule has 0 fully saturated rings. The molecule has 2 heterocycles. The maximum atomic E-state index is 13.5. The molecule has 1 aromatic carbocycles. The lowest BCUT2D eigenvalue weighted by molar-refractivity contribution is 0.632. The van der Waals surface area contributed by atoms with Crippen molar-refractivity contribution in [3.63, 3.8) is 0 Å². The normalized spacial score (nSPS) is 10.5. The van der Waals surface area contributed by atoms with E-state index in [0.717, 1.165) is 15.7 Å². The van der Waals surface area contributed by atoms with E-state index < -0.39 is 0 Å². The predicted octanol–water partition coefficient (Wildman–Crippen LogP) is 4.11. The number of para-hydroxylation sites is 1. The lowest BCUT2D eigenvalue weighted by atomic mass is 10.3. The molecule has 21 heavy (non-hydrogen) atoms. The van der Waals surface area contributed by atoms with Crippen LogP contribution in [0.4, 0.5) is 15.2 Å². The summed E-state index contributed by atoms with van der Waals surface area (Å²) in [5, 5.41) is 11.6. The average molecular weight is 318 g/mol. The number of thioether (sulfide) groups is 1. The smallest absolute Gasteiger partial charge is 0.210 e. The third-order valence-electron chi connectivity index (χ3n) is 2.61. The number of anilines is 2. The van der Waals surface area contributed by atoms with Crippen LogP contribution in [0.5, 0.6) is 0 Å². The van der Waals surface area contributed by atoms with Crippen molar-refractivity contribution in [3.8, 4) is 0 Å². The Balaban J connectivity index is 1.63. The van der Waals surface area contributed by atoms with Crippen molar-refractivity contribution in [2.75, 3.05) is 5.32 Å². The number of nitrogens with zero attached hydrogens (tertiary/aromatic N) is 3. The second kappa shape index (κ2) is 6.64. The van der Waals surface area contributed by atoms with Gasteiger partial charge in [-0.1, -0.05) is 41.3 Å². The van der Waals surface area contributed by atoms with Gasteiger partial charge >= 0.3 is 0 Å². The van der Waals surface area contributed by atoms with E-state index in [1.807, 2.05) is 18.3 Å². The van der Waals surface area contributed by atoms with E-state index in [-0.39, 0.29) is 5.82 Å². The van der Waals surface area contributed by atoms with Gasteiger partial charge in [0.2, 0.25) is 5.13 Å². The van der Waals surface area contributed by atoms with Crippen molar-refractivity contribution in [2.24, 2.45) is 0 Å². The van der Waals surface area contributed by atoms with Crippen molar-refractivity contribution in [3.05, 3.63) is 60.2 Å². The van der Waals surface area contributed by atoms with E-state index >= 15 is 0 Å². The van der Waals surface area contributed by atoms with Gasteiger partial charge in [0.05, 0.1) is 5.69 Å². The second-order valence-corrected chi connectivity index (χ2v) is 6.33. The maximum Gasteiger partial charge on any atom is 0.210 e. The van der Waals surface area contributed by atoms with Gasteiger partial charge in [0.1, 0.15) is 5.82 Å². The first-order chi connectivity index (χ1) is 10.3. The van der Waals surface area contributed by atoms with Crippen LogP contribution in [0.3, 0.4) is 0 Å². The summed E-state index contributed by atoms with van der Waals surface area (Å²) in [6, 6.07) is 10.4. The molecule has 4 nitrogen and oxygen atoms in total. The van der Waals surface area contributed by atoms with Crippen LogP contribution in [0, 0.1) is 5.82 Å². The summed E-state index contributed by atoms with van der Waals surface area (Å²) in [5.41, 5.74) is 1.53. The fourth-order valence-electron chi connectivity index (χ4n) is 1.62.